The van der Waals surface area contributed by atoms with Crippen molar-refractivity contribution in [3.8, 4) is 0 Å². The van der Waals surface area contributed by atoms with Gasteiger partial charge in [0.25, 0.3) is 0 Å². The summed E-state index contributed by atoms with van der Waals surface area (Å²) >= 11 is 13.3. The molecule has 1 atom stereocenters. The predicted molar refractivity (Wildman–Crippen MR) is 88.1 cm³/mol. The Bertz CT molecular complexity index is 599. The highest BCUT2D eigenvalue weighted by Crippen LogP contribution is 2.40. The third kappa shape index (κ3) is 2.63. The summed E-state index contributed by atoms with van der Waals surface area (Å²) in [5, 5.41) is 0.743. The topological polar surface area (TPSA) is 0 Å². The number of rotatable bonds is 1. The van der Waals surface area contributed by atoms with E-state index in [1.165, 1.54) is 36.0 Å². The molecule has 0 radical (unpaired) electrons. The van der Waals surface area contributed by atoms with Gasteiger partial charge in [-0.2, -0.15) is 0 Å². The summed E-state index contributed by atoms with van der Waals surface area (Å²) in [4.78, 5) is 0. The summed E-state index contributed by atoms with van der Waals surface area (Å²) in [5.74, 6) is 0.481. The van der Waals surface area contributed by atoms with Gasteiger partial charge >= 0.3 is 0 Å². The second-order valence-electron chi connectivity index (χ2n) is 4.94. The van der Waals surface area contributed by atoms with Gasteiger partial charge in [0.2, 0.25) is 0 Å². The molecule has 0 saturated carbocycles. The molecule has 1 unspecified atom stereocenters. The van der Waals surface area contributed by atoms with Gasteiger partial charge in [-0.3, -0.25) is 0 Å². The Morgan fingerprint density at radius 3 is 2.47 bits per heavy atom. The summed E-state index contributed by atoms with van der Waals surface area (Å²) in [6.45, 7) is 0. The average Bonchev–Trinajstić information content (AvgIpc) is 2.43. The van der Waals surface area contributed by atoms with Crippen LogP contribution in [0.5, 0.6) is 0 Å². The molecule has 0 amide bonds. The molecule has 0 saturated heterocycles. The Balaban J connectivity index is 2.09. The van der Waals surface area contributed by atoms with Crippen molar-refractivity contribution < 1.29 is 0 Å². The molecule has 3 rings (SSSR count). The molecule has 0 fully saturated rings. The first-order valence-electron chi connectivity index (χ1n) is 6.39. The summed E-state index contributed by atoms with van der Waals surface area (Å²) in [6.07, 6.45) is 3.65. The second kappa shape index (κ2) is 5.59. The molecule has 98 valence electrons. The van der Waals surface area contributed by atoms with Crippen LogP contribution >= 0.6 is 43.5 Å². The van der Waals surface area contributed by atoms with Crippen LogP contribution in [0.15, 0.2) is 45.3 Å². The van der Waals surface area contributed by atoms with E-state index >= 15 is 0 Å². The van der Waals surface area contributed by atoms with Gasteiger partial charge in [0.15, 0.2) is 0 Å². The fraction of sp³-hybridized carbons (Fsp3) is 0.250. The van der Waals surface area contributed by atoms with Gasteiger partial charge in [-0.05, 0) is 79.9 Å². The molecule has 0 aliphatic heterocycles. The van der Waals surface area contributed by atoms with Crippen LogP contribution in [0.3, 0.4) is 0 Å². The number of fused-ring (bicyclic) bond motifs is 1. The molecule has 0 spiro atoms. The molecule has 3 heteroatoms. The molecule has 1 aliphatic rings. The number of halogens is 3. The molecule has 0 N–H and O–H groups in total. The zero-order chi connectivity index (χ0) is 13.4. The van der Waals surface area contributed by atoms with E-state index in [2.05, 4.69) is 68.3 Å². The quantitative estimate of drug-likeness (QED) is 0.491. The smallest absolute Gasteiger partial charge is 0.0690 e. The van der Waals surface area contributed by atoms with Gasteiger partial charge in [0.1, 0.15) is 0 Å². The minimum absolute atomic E-state index is 0.481. The van der Waals surface area contributed by atoms with Crippen LogP contribution in [0.2, 0.25) is 5.02 Å². The van der Waals surface area contributed by atoms with E-state index in [9.17, 15) is 0 Å². The van der Waals surface area contributed by atoms with Crippen molar-refractivity contribution in [2.24, 2.45) is 0 Å². The monoisotopic (exact) mass is 398 g/mol. The van der Waals surface area contributed by atoms with Gasteiger partial charge in [0.05, 0.1) is 5.02 Å². The van der Waals surface area contributed by atoms with Crippen molar-refractivity contribution in [1.82, 2.24) is 0 Å². The Morgan fingerprint density at radius 2 is 1.74 bits per heavy atom. The largest absolute Gasteiger partial charge is 0.0819 e. The van der Waals surface area contributed by atoms with E-state index in [0.717, 1.165) is 14.0 Å². The van der Waals surface area contributed by atoms with E-state index < -0.39 is 0 Å². The van der Waals surface area contributed by atoms with Gasteiger partial charge < -0.3 is 0 Å². The van der Waals surface area contributed by atoms with Crippen LogP contribution in [0.4, 0.5) is 0 Å². The zero-order valence-electron chi connectivity index (χ0n) is 10.3. The normalized spacial score (nSPS) is 18.2. The molecule has 19 heavy (non-hydrogen) atoms. The van der Waals surface area contributed by atoms with Crippen molar-refractivity contribution in [3.63, 3.8) is 0 Å². The number of hydrogen-bond donors (Lipinski definition) is 0. The molecule has 2 aromatic rings. The van der Waals surface area contributed by atoms with Gasteiger partial charge in [-0.25, -0.2) is 0 Å². The van der Waals surface area contributed by atoms with Crippen LogP contribution in [0.1, 0.15) is 35.4 Å². The summed E-state index contributed by atoms with van der Waals surface area (Å²) in [6, 6.07) is 13.1. The van der Waals surface area contributed by atoms with Crippen LogP contribution in [0, 0.1) is 0 Å². The Kier molecular flexibility index (Phi) is 4.02. The molecule has 0 aromatic heterocycles. The lowest BCUT2D eigenvalue weighted by Gasteiger charge is -2.26. The van der Waals surface area contributed by atoms with E-state index in [-0.39, 0.29) is 0 Å². The lowest BCUT2D eigenvalue weighted by atomic mass is 9.79. The Hall–Kier alpha value is -0.310. The third-order valence-corrected chi connectivity index (χ3v) is 5.89. The summed E-state index contributed by atoms with van der Waals surface area (Å²) in [7, 11) is 0. The van der Waals surface area contributed by atoms with E-state index in [0.29, 0.717) is 5.92 Å². The lowest BCUT2D eigenvalue weighted by molar-refractivity contribution is 0.615. The maximum absolute atomic E-state index is 6.20. The van der Waals surface area contributed by atoms with Crippen LogP contribution in [-0.4, -0.2) is 0 Å². The van der Waals surface area contributed by atoms with E-state index in [1.54, 1.807) is 0 Å². The minimum Gasteiger partial charge on any atom is -0.0819 e. The number of aryl methyl sites for hydroxylation is 1. The second-order valence-corrected chi connectivity index (χ2v) is 7.03. The molecular formula is C16H13Br2Cl. The van der Waals surface area contributed by atoms with Crippen molar-refractivity contribution in [2.45, 2.75) is 25.2 Å². The first kappa shape index (κ1) is 13.7. The van der Waals surface area contributed by atoms with Crippen LogP contribution in [-0.2, 0) is 6.42 Å². The molecule has 0 nitrogen and oxygen atoms in total. The summed E-state index contributed by atoms with van der Waals surface area (Å²) < 4.78 is 1.92. The third-order valence-electron chi connectivity index (χ3n) is 3.78. The fourth-order valence-electron chi connectivity index (χ4n) is 2.88. The number of hydrogen-bond acceptors (Lipinski definition) is 0. The first-order valence-corrected chi connectivity index (χ1v) is 8.35. The maximum Gasteiger partial charge on any atom is 0.0690 e. The molecule has 2 aromatic carbocycles. The minimum atomic E-state index is 0.481. The Labute approximate surface area is 135 Å². The van der Waals surface area contributed by atoms with E-state index in [1.807, 2.05) is 0 Å². The standard InChI is InChI=1S/C16H13Br2Cl/c17-14-8-11(9-15(18)16(14)19)13-7-3-5-10-4-1-2-6-12(10)13/h1-2,4,6,8-9,13H,3,5,7H2. The predicted octanol–water partition coefficient (Wildman–Crippen LogP) is 6.33. The zero-order valence-corrected chi connectivity index (χ0v) is 14.2. The molecular weight excluding hydrogens is 387 g/mol. The maximum atomic E-state index is 6.20. The van der Waals surface area contributed by atoms with Gasteiger partial charge in [0, 0.05) is 14.9 Å². The fourth-order valence-corrected chi connectivity index (χ4v) is 4.21. The van der Waals surface area contributed by atoms with Crippen molar-refractivity contribution >= 4 is 43.5 Å². The molecule has 0 bridgehead atoms. The van der Waals surface area contributed by atoms with Crippen molar-refractivity contribution in [3.05, 3.63) is 67.1 Å². The van der Waals surface area contributed by atoms with E-state index in [4.69, 9.17) is 11.6 Å². The van der Waals surface area contributed by atoms with Crippen LogP contribution < -0.4 is 0 Å². The van der Waals surface area contributed by atoms with Gasteiger partial charge in [-0.1, -0.05) is 35.9 Å². The Morgan fingerprint density at radius 1 is 1.05 bits per heavy atom. The highest BCUT2D eigenvalue weighted by molar-refractivity contribution is 9.11. The molecule has 1 aliphatic carbocycles. The van der Waals surface area contributed by atoms with Crippen molar-refractivity contribution in [2.75, 3.05) is 0 Å². The van der Waals surface area contributed by atoms with Crippen LogP contribution in [0.25, 0.3) is 0 Å². The highest BCUT2D eigenvalue weighted by atomic mass is 79.9. The number of benzene rings is 2. The first-order chi connectivity index (χ1) is 9.16. The SMILES string of the molecule is Clc1c(Br)cc(C2CCCc3ccccc32)cc1Br. The van der Waals surface area contributed by atoms with Crippen molar-refractivity contribution in [1.29, 1.82) is 0 Å². The molecule has 0 heterocycles. The van der Waals surface area contributed by atoms with Gasteiger partial charge in [-0.15, -0.1) is 0 Å². The summed E-state index contributed by atoms with van der Waals surface area (Å²) in [5.41, 5.74) is 4.28. The lowest BCUT2D eigenvalue weighted by Crippen LogP contribution is -2.11. The highest BCUT2D eigenvalue weighted by Gasteiger charge is 2.22. The average molecular weight is 401 g/mol.